The Morgan fingerprint density at radius 3 is 2.42 bits per heavy atom. The number of carbonyl (C=O) groups excluding carboxylic acids is 2. The highest BCUT2D eigenvalue weighted by molar-refractivity contribution is 6.33. The van der Waals surface area contributed by atoms with E-state index in [0.29, 0.717) is 22.9 Å². The van der Waals surface area contributed by atoms with Crippen molar-refractivity contribution in [3.8, 4) is 5.75 Å². The molecule has 1 N–H and O–H groups in total. The summed E-state index contributed by atoms with van der Waals surface area (Å²) in [5.41, 5.74) is -0.121. The van der Waals surface area contributed by atoms with E-state index in [1.807, 2.05) is 0 Å². The molecule has 0 unspecified atom stereocenters. The van der Waals surface area contributed by atoms with Crippen molar-refractivity contribution in [2.24, 2.45) is 0 Å². The second-order valence-electron chi connectivity index (χ2n) is 5.13. The Balaban J connectivity index is 2.11. The van der Waals surface area contributed by atoms with Gasteiger partial charge in [-0.2, -0.15) is 0 Å². The molecular formula is C17H13Cl2F2NO4. The lowest BCUT2D eigenvalue weighted by Gasteiger charge is -2.16. The van der Waals surface area contributed by atoms with Gasteiger partial charge in [-0.3, -0.25) is 4.79 Å². The average Bonchev–Trinajstić information content (AvgIpc) is 2.58. The van der Waals surface area contributed by atoms with Gasteiger partial charge in [0.1, 0.15) is 5.75 Å². The third-order valence-electron chi connectivity index (χ3n) is 3.30. The summed E-state index contributed by atoms with van der Waals surface area (Å²) in [6.07, 6.45) is -1.25. The highest BCUT2D eigenvalue weighted by atomic mass is 35.5. The fourth-order valence-electron chi connectivity index (χ4n) is 1.97. The number of esters is 1. The zero-order valence-electron chi connectivity index (χ0n) is 13.6. The molecule has 26 heavy (non-hydrogen) atoms. The molecule has 0 radical (unpaired) electrons. The quantitative estimate of drug-likeness (QED) is 0.590. The van der Waals surface area contributed by atoms with Crippen LogP contribution in [0.2, 0.25) is 10.0 Å². The third kappa shape index (κ3) is 4.62. The maximum absolute atomic E-state index is 13.3. The van der Waals surface area contributed by atoms with Gasteiger partial charge in [-0.15, -0.1) is 0 Å². The molecule has 0 fully saturated rings. The van der Waals surface area contributed by atoms with Crippen LogP contribution in [0.4, 0.5) is 14.5 Å². The molecule has 2 rings (SSSR count). The lowest BCUT2D eigenvalue weighted by molar-refractivity contribution is -0.123. The molecule has 2 aromatic rings. The van der Waals surface area contributed by atoms with Gasteiger partial charge in [-0.25, -0.2) is 13.6 Å². The Hall–Kier alpha value is -2.38. The average molecular weight is 404 g/mol. The van der Waals surface area contributed by atoms with Crippen LogP contribution in [-0.2, 0) is 9.53 Å². The van der Waals surface area contributed by atoms with E-state index in [9.17, 15) is 18.4 Å². The number of anilines is 1. The van der Waals surface area contributed by atoms with E-state index in [0.717, 1.165) is 0 Å². The third-order valence-corrected chi connectivity index (χ3v) is 3.85. The molecule has 138 valence electrons. The minimum absolute atomic E-state index is 0.277. The Morgan fingerprint density at radius 1 is 1.12 bits per heavy atom. The largest absolute Gasteiger partial charge is 0.495 e. The predicted octanol–water partition coefficient (Wildman–Crippen LogP) is 4.46. The summed E-state index contributed by atoms with van der Waals surface area (Å²) in [6.45, 7) is 1.30. The second kappa shape index (κ2) is 8.33. The van der Waals surface area contributed by atoms with Gasteiger partial charge in [-0.1, -0.05) is 23.2 Å². The normalized spacial score (nSPS) is 11.6. The molecule has 0 aliphatic carbocycles. The molecular weight excluding hydrogens is 391 g/mol. The Labute approximate surface area is 157 Å². The SMILES string of the molecule is COc1ccc(Cl)cc1NC(=O)[C@H](C)OC(=O)c1cc(F)c(F)cc1Cl. The van der Waals surface area contributed by atoms with Crippen LogP contribution in [-0.4, -0.2) is 25.1 Å². The number of amides is 1. The van der Waals surface area contributed by atoms with Gasteiger partial charge < -0.3 is 14.8 Å². The van der Waals surface area contributed by atoms with Crippen LogP contribution in [0.15, 0.2) is 30.3 Å². The number of methoxy groups -OCH3 is 1. The number of hydrogen-bond acceptors (Lipinski definition) is 4. The topological polar surface area (TPSA) is 64.6 Å². The molecule has 0 heterocycles. The maximum atomic E-state index is 13.3. The van der Waals surface area contributed by atoms with Crippen molar-refractivity contribution in [1.29, 1.82) is 0 Å². The summed E-state index contributed by atoms with van der Waals surface area (Å²) >= 11 is 11.6. The van der Waals surface area contributed by atoms with Gasteiger partial charge in [0.15, 0.2) is 17.7 Å². The van der Waals surface area contributed by atoms with Crippen LogP contribution in [0.5, 0.6) is 5.75 Å². The fourth-order valence-corrected chi connectivity index (χ4v) is 2.37. The van der Waals surface area contributed by atoms with Crippen molar-refractivity contribution in [2.75, 3.05) is 12.4 Å². The van der Waals surface area contributed by atoms with E-state index < -0.39 is 35.2 Å². The van der Waals surface area contributed by atoms with Crippen LogP contribution < -0.4 is 10.1 Å². The maximum Gasteiger partial charge on any atom is 0.340 e. The van der Waals surface area contributed by atoms with E-state index in [-0.39, 0.29) is 10.7 Å². The zero-order chi connectivity index (χ0) is 19.4. The first-order chi connectivity index (χ1) is 12.2. The van der Waals surface area contributed by atoms with Crippen LogP contribution in [0.3, 0.4) is 0 Å². The molecule has 0 saturated heterocycles. The first-order valence-electron chi connectivity index (χ1n) is 7.23. The van der Waals surface area contributed by atoms with Crippen molar-refractivity contribution in [1.82, 2.24) is 0 Å². The first kappa shape index (κ1) is 19.9. The smallest absolute Gasteiger partial charge is 0.340 e. The summed E-state index contributed by atoms with van der Waals surface area (Å²) < 4.78 is 36.4. The minimum atomic E-state index is -1.26. The number of rotatable bonds is 5. The molecule has 1 amide bonds. The highest BCUT2D eigenvalue weighted by Crippen LogP contribution is 2.28. The lowest BCUT2D eigenvalue weighted by atomic mass is 10.2. The number of nitrogens with one attached hydrogen (secondary N) is 1. The number of ether oxygens (including phenoxy) is 2. The molecule has 2 aromatic carbocycles. The van der Waals surface area contributed by atoms with Gasteiger partial charge in [0.25, 0.3) is 5.91 Å². The van der Waals surface area contributed by atoms with Crippen molar-refractivity contribution < 1.29 is 27.8 Å². The van der Waals surface area contributed by atoms with Crippen molar-refractivity contribution in [3.05, 3.63) is 57.6 Å². The Morgan fingerprint density at radius 2 is 1.77 bits per heavy atom. The van der Waals surface area contributed by atoms with Crippen molar-refractivity contribution in [2.45, 2.75) is 13.0 Å². The summed E-state index contributed by atoms with van der Waals surface area (Å²) in [4.78, 5) is 24.3. The summed E-state index contributed by atoms with van der Waals surface area (Å²) in [7, 11) is 1.41. The number of benzene rings is 2. The van der Waals surface area contributed by atoms with Crippen LogP contribution in [0.25, 0.3) is 0 Å². The van der Waals surface area contributed by atoms with Gasteiger partial charge in [0.2, 0.25) is 0 Å². The number of carbonyl (C=O) groups is 2. The zero-order valence-corrected chi connectivity index (χ0v) is 15.1. The summed E-state index contributed by atoms with van der Waals surface area (Å²) in [6, 6.07) is 5.83. The molecule has 0 bridgehead atoms. The van der Waals surface area contributed by atoms with Gasteiger partial charge in [0, 0.05) is 5.02 Å². The summed E-state index contributed by atoms with van der Waals surface area (Å²) in [5.74, 6) is -3.87. The predicted molar refractivity (Wildman–Crippen MR) is 92.9 cm³/mol. The standard InChI is InChI=1S/C17H13Cl2F2NO4/c1-8(16(23)22-14-5-9(18)3-4-15(14)25-2)26-17(24)10-6-12(20)13(21)7-11(10)19/h3-8H,1-2H3,(H,22,23)/t8-/m0/s1. The van der Waals surface area contributed by atoms with Gasteiger partial charge in [0.05, 0.1) is 23.4 Å². The molecule has 0 saturated carbocycles. The Kier molecular flexibility index (Phi) is 6.39. The molecule has 9 heteroatoms. The van der Waals surface area contributed by atoms with Crippen LogP contribution in [0, 0.1) is 11.6 Å². The highest BCUT2D eigenvalue weighted by Gasteiger charge is 2.23. The van der Waals surface area contributed by atoms with E-state index in [2.05, 4.69) is 5.32 Å². The van der Waals surface area contributed by atoms with Crippen LogP contribution in [0.1, 0.15) is 17.3 Å². The van der Waals surface area contributed by atoms with Crippen molar-refractivity contribution in [3.63, 3.8) is 0 Å². The molecule has 0 aliphatic heterocycles. The summed E-state index contributed by atoms with van der Waals surface area (Å²) in [5, 5.41) is 2.53. The van der Waals surface area contributed by atoms with Gasteiger partial charge >= 0.3 is 5.97 Å². The van der Waals surface area contributed by atoms with E-state index in [1.165, 1.54) is 20.1 Å². The van der Waals surface area contributed by atoms with E-state index in [1.54, 1.807) is 12.1 Å². The second-order valence-corrected chi connectivity index (χ2v) is 5.97. The molecule has 0 aliphatic rings. The monoisotopic (exact) mass is 403 g/mol. The number of halogens is 4. The number of hydrogen-bond donors (Lipinski definition) is 1. The van der Waals surface area contributed by atoms with E-state index >= 15 is 0 Å². The van der Waals surface area contributed by atoms with E-state index in [4.69, 9.17) is 32.7 Å². The minimum Gasteiger partial charge on any atom is -0.495 e. The van der Waals surface area contributed by atoms with Gasteiger partial charge in [-0.05, 0) is 37.3 Å². The lowest BCUT2D eigenvalue weighted by Crippen LogP contribution is -2.30. The molecule has 0 spiro atoms. The fraction of sp³-hybridized carbons (Fsp3) is 0.176. The molecule has 0 aromatic heterocycles. The Bertz CT molecular complexity index is 861. The van der Waals surface area contributed by atoms with Crippen molar-refractivity contribution >= 4 is 40.8 Å². The van der Waals surface area contributed by atoms with Crippen LogP contribution >= 0.6 is 23.2 Å². The first-order valence-corrected chi connectivity index (χ1v) is 7.98. The molecule has 5 nitrogen and oxygen atoms in total. The molecule has 1 atom stereocenters.